The number of rotatable bonds is 5. The molecule has 4 nitrogen and oxygen atoms in total. The number of carbonyl (C=O) groups excluding carboxylic acids is 1. The Bertz CT molecular complexity index is 168. The molecule has 0 aromatic carbocycles. The average Bonchev–Trinajstić information content (AvgIpc) is 2.03. The van der Waals surface area contributed by atoms with E-state index in [-0.39, 0.29) is 18.2 Å². The largest absolute Gasteiger partial charge is 0.464 e. The van der Waals surface area contributed by atoms with Gasteiger partial charge in [0.2, 0.25) is 0 Å². The molecule has 1 N–H and O–H groups in total. The van der Waals surface area contributed by atoms with Gasteiger partial charge in [0.1, 0.15) is 0 Å². The van der Waals surface area contributed by atoms with Gasteiger partial charge in [-0.3, -0.25) is 0 Å². The zero-order chi connectivity index (χ0) is 9.68. The molecule has 0 aromatic rings. The maximum Gasteiger partial charge on any atom is 0.335 e. The first kappa shape index (κ1) is 10.5. The lowest BCUT2D eigenvalue weighted by Crippen LogP contribution is -2.51. The van der Waals surface area contributed by atoms with Crippen LogP contribution in [0.3, 0.4) is 0 Å². The van der Waals surface area contributed by atoms with Gasteiger partial charge in [0, 0.05) is 13.1 Å². The molecular formula is C9H17NO3. The van der Waals surface area contributed by atoms with Crippen molar-refractivity contribution in [2.24, 2.45) is 0 Å². The predicted molar refractivity (Wildman–Crippen MR) is 48.5 cm³/mol. The lowest BCUT2D eigenvalue weighted by atomic mass is 10.2. The molecule has 0 amide bonds. The lowest BCUT2D eigenvalue weighted by molar-refractivity contribution is -0.162. The molecule has 0 saturated carbocycles. The molecule has 1 heterocycles. The molecule has 1 unspecified atom stereocenters. The third kappa shape index (κ3) is 2.97. The van der Waals surface area contributed by atoms with E-state index in [0.29, 0.717) is 13.0 Å². The predicted octanol–water partition coefficient (Wildman–Crippen LogP) is 0.316. The van der Waals surface area contributed by atoms with Gasteiger partial charge < -0.3 is 14.8 Å². The fraction of sp³-hybridized carbons (Fsp3) is 0.889. The molecule has 0 aromatic heterocycles. The quantitative estimate of drug-likeness (QED) is 0.629. The Balaban J connectivity index is 2.27. The monoisotopic (exact) mass is 187 g/mol. The van der Waals surface area contributed by atoms with Crippen molar-refractivity contribution in [2.45, 2.75) is 32.5 Å². The molecule has 4 heteroatoms. The van der Waals surface area contributed by atoms with Gasteiger partial charge in [0.25, 0.3) is 0 Å². The molecule has 1 aliphatic heterocycles. The van der Waals surface area contributed by atoms with Crippen molar-refractivity contribution in [1.29, 1.82) is 0 Å². The smallest absolute Gasteiger partial charge is 0.335 e. The molecule has 0 bridgehead atoms. The van der Waals surface area contributed by atoms with Crippen molar-refractivity contribution in [3.05, 3.63) is 0 Å². The molecule has 1 aliphatic rings. The van der Waals surface area contributed by atoms with Crippen molar-refractivity contribution in [2.75, 3.05) is 19.7 Å². The average molecular weight is 187 g/mol. The van der Waals surface area contributed by atoms with E-state index in [0.717, 1.165) is 13.1 Å². The van der Waals surface area contributed by atoms with Gasteiger partial charge in [0.15, 0.2) is 6.10 Å². The zero-order valence-corrected chi connectivity index (χ0v) is 8.21. The SMILES string of the molecule is CCOC(=O)C(CC)OC1CNC1. The van der Waals surface area contributed by atoms with Crippen LogP contribution >= 0.6 is 0 Å². The normalized spacial score (nSPS) is 19.2. The Labute approximate surface area is 78.6 Å². The van der Waals surface area contributed by atoms with Gasteiger partial charge in [-0.1, -0.05) is 6.92 Å². The van der Waals surface area contributed by atoms with Gasteiger partial charge in [-0.25, -0.2) is 4.79 Å². The number of hydrogen-bond acceptors (Lipinski definition) is 4. The van der Waals surface area contributed by atoms with E-state index in [1.165, 1.54) is 0 Å². The van der Waals surface area contributed by atoms with E-state index in [9.17, 15) is 4.79 Å². The molecule has 76 valence electrons. The van der Waals surface area contributed by atoms with Crippen molar-refractivity contribution >= 4 is 5.97 Å². The minimum Gasteiger partial charge on any atom is -0.464 e. The Morgan fingerprint density at radius 2 is 2.23 bits per heavy atom. The molecule has 0 spiro atoms. The van der Waals surface area contributed by atoms with Crippen molar-refractivity contribution in [1.82, 2.24) is 5.32 Å². The van der Waals surface area contributed by atoms with Crippen LogP contribution in [0.15, 0.2) is 0 Å². The van der Waals surface area contributed by atoms with Crippen LogP contribution in [0.1, 0.15) is 20.3 Å². The highest BCUT2D eigenvalue weighted by molar-refractivity contribution is 5.74. The Kier molecular flexibility index (Phi) is 4.18. The van der Waals surface area contributed by atoms with Gasteiger partial charge in [-0.2, -0.15) is 0 Å². The number of carbonyl (C=O) groups is 1. The fourth-order valence-corrected chi connectivity index (χ4v) is 1.14. The number of esters is 1. The van der Waals surface area contributed by atoms with Crippen LogP contribution in [0.25, 0.3) is 0 Å². The standard InChI is InChI=1S/C9H17NO3/c1-3-8(9(11)12-4-2)13-7-5-10-6-7/h7-8,10H,3-6H2,1-2H3. The van der Waals surface area contributed by atoms with Crippen LogP contribution in [0, 0.1) is 0 Å². The maximum absolute atomic E-state index is 11.3. The Hall–Kier alpha value is -0.610. The first-order chi connectivity index (χ1) is 6.27. The minimum absolute atomic E-state index is 0.189. The molecular weight excluding hydrogens is 170 g/mol. The van der Waals surface area contributed by atoms with E-state index in [1.807, 2.05) is 6.92 Å². The van der Waals surface area contributed by atoms with Gasteiger partial charge in [0.05, 0.1) is 12.7 Å². The second-order valence-corrected chi connectivity index (χ2v) is 3.07. The first-order valence-electron chi connectivity index (χ1n) is 4.80. The molecule has 1 rings (SSSR count). The topological polar surface area (TPSA) is 47.6 Å². The summed E-state index contributed by atoms with van der Waals surface area (Å²) in [4.78, 5) is 11.3. The zero-order valence-electron chi connectivity index (χ0n) is 8.21. The van der Waals surface area contributed by atoms with E-state index < -0.39 is 0 Å². The van der Waals surface area contributed by atoms with Crippen LogP contribution in [0.4, 0.5) is 0 Å². The highest BCUT2D eigenvalue weighted by atomic mass is 16.6. The first-order valence-corrected chi connectivity index (χ1v) is 4.80. The third-order valence-electron chi connectivity index (χ3n) is 2.02. The van der Waals surface area contributed by atoms with E-state index in [2.05, 4.69) is 5.32 Å². The summed E-state index contributed by atoms with van der Waals surface area (Å²) in [5.41, 5.74) is 0. The van der Waals surface area contributed by atoms with E-state index in [1.54, 1.807) is 6.92 Å². The molecule has 1 saturated heterocycles. The van der Waals surface area contributed by atoms with Gasteiger partial charge in [-0.15, -0.1) is 0 Å². The van der Waals surface area contributed by atoms with E-state index >= 15 is 0 Å². The van der Waals surface area contributed by atoms with Gasteiger partial charge >= 0.3 is 5.97 Å². The molecule has 0 aliphatic carbocycles. The summed E-state index contributed by atoms with van der Waals surface area (Å²) in [6, 6.07) is 0. The molecule has 1 atom stereocenters. The summed E-state index contributed by atoms with van der Waals surface area (Å²) >= 11 is 0. The van der Waals surface area contributed by atoms with Crippen LogP contribution in [-0.2, 0) is 14.3 Å². The molecule has 1 fully saturated rings. The van der Waals surface area contributed by atoms with E-state index in [4.69, 9.17) is 9.47 Å². The second kappa shape index (κ2) is 5.19. The summed E-state index contributed by atoms with van der Waals surface area (Å²) in [6.07, 6.45) is 0.483. The molecule has 13 heavy (non-hydrogen) atoms. The third-order valence-corrected chi connectivity index (χ3v) is 2.02. The summed E-state index contributed by atoms with van der Waals surface area (Å²) in [5.74, 6) is -0.239. The highest BCUT2D eigenvalue weighted by Gasteiger charge is 2.26. The van der Waals surface area contributed by atoms with Crippen molar-refractivity contribution in [3.63, 3.8) is 0 Å². The van der Waals surface area contributed by atoms with Crippen LogP contribution in [0.5, 0.6) is 0 Å². The fourth-order valence-electron chi connectivity index (χ4n) is 1.14. The van der Waals surface area contributed by atoms with Crippen molar-refractivity contribution < 1.29 is 14.3 Å². The van der Waals surface area contributed by atoms with Crippen LogP contribution in [0.2, 0.25) is 0 Å². The second-order valence-electron chi connectivity index (χ2n) is 3.07. The minimum atomic E-state index is -0.382. The Morgan fingerprint density at radius 3 is 2.62 bits per heavy atom. The summed E-state index contributed by atoms with van der Waals surface area (Å²) in [5, 5.41) is 3.08. The summed E-state index contributed by atoms with van der Waals surface area (Å²) in [7, 11) is 0. The lowest BCUT2D eigenvalue weighted by Gasteiger charge is -2.30. The highest BCUT2D eigenvalue weighted by Crippen LogP contribution is 2.08. The van der Waals surface area contributed by atoms with Gasteiger partial charge in [-0.05, 0) is 13.3 Å². The van der Waals surface area contributed by atoms with Crippen molar-refractivity contribution in [3.8, 4) is 0 Å². The maximum atomic E-state index is 11.3. The van der Waals surface area contributed by atoms with Crippen LogP contribution in [-0.4, -0.2) is 37.9 Å². The molecule has 0 radical (unpaired) electrons. The summed E-state index contributed by atoms with van der Waals surface area (Å²) in [6.45, 7) is 5.83. The summed E-state index contributed by atoms with van der Waals surface area (Å²) < 4.78 is 10.4. The number of ether oxygens (including phenoxy) is 2. The number of hydrogen-bond donors (Lipinski definition) is 1. The Morgan fingerprint density at radius 1 is 1.54 bits per heavy atom. The number of nitrogens with one attached hydrogen (secondary N) is 1. The van der Waals surface area contributed by atoms with Crippen LogP contribution < -0.4 is 5.32 Å².